The van der Waals surface area contributed by atoms with Crippen LogP contribution in [0.15, 0.2) is 54.2 Å². The molecule has 0 bridgehead atoms. The summed E-state index contributed by atoms with van der Waals surface area (Å²) in [7, 11) is 1.72. The molecular formula is C26H29N3OS. The average Bonchev–Trinajstić information content (AvgIpc) is 3.24. The molecule has 0 spiro atoms. The summed E-state index contributed by atoms with van der Waals surface area (Å²) in [4.78, 5) is 20.4. The molecule has 5 heteroatoms. The van der Waals surface area contributed by atoms with Crippen LogP contribution >= 0.6 is 11.3 Å². The first-order valence-electron chi connectivity index (χ1n) is 10.7. The number of likely N-dealkylation sites (tertiary alicyclic amines) is 1. The Morgan fingerprint density at radius 3 is 2.52 bits per heavy atom. The Morgan fingerprint density at radius 2 is 1.87 bits per heavy atom. The zero-order valence-corrected chi connectivity index (χ0v) is 19.6. The van der Waals surface area contributed by atoms with Crippen LogP contribution in [0.5, 0.6) is 0 Å². The summed E-state index contributed by atoms with van der Waals surface area (Å²) in [6.07, 6.45) is 4.26. The van der Waals surface area contributed by atoms with E-state index in [1.807, 2.05) is 19.3 Å². The molecule has 4 nitrogen and oxygen atoms in total. The van der Waals surface area contributed by atoms with Crippen molar-refractivity contribution >= 4 is 23.1 Å². The number of pyridine rings is 1. The molecule has 2 aromatic heterocycles. The molecular weight excluding hydrogens is 402 g/mol. The van der Waals surface area contributed by atoms with E-state index < -0.39 is 5.41 Å². The maximum absolute atomic E-state index is 13.4. The predicted molar refractivity (Wildman–Crippen MR) is 128 cm³/mol. The Hall–Kier alpha value is -2.79. The van der Waals surface area contributed by atoms with E-state index in [1.165, 1.54) is 10.5 Å². The Morgan fingerprint density at radius 1 is 1.16 bits per heavy atom. The monoisotopic (exact) mass is 431 g/mol. The number of carbonyl (C=O) groups excluding carboxylic acids is 1. The van der Waals surface area contributed by atoms with Crippen LogP contribution in [0, 0.1) is 12.3 Å². The van der Waals surface area contributed by atoms with Gasteiger partial charge in [0.15, 0.2) is 0 Å². The molecule has 1 amide bonds. The molecule has 2 atom stereocenters. The number of aromatic nitrogens is 1. The van der Waals surface area contributed by atoms with E-state index in [1.54, 1.807) is 18.4 Å². The fourth-order valence-electron chi connectivity index (χ4n) is 4.48. The van der Waals surface area contributed by atoms with Gasteiger partial charge in [-0.2, -0.15) is 0 Å². The molecule has 1 aliphatic heterocycles. The molecule has 160 valence electrons. The summed E-state index contributed by atoms with van der Waals surface area (Å²) >= 11 is 1.67. The number of amidine groups is 1. The van der Waals surface area contributed by atoms with Crippen molar-refractivity contribution in [2.75, 3.05) is 7.05 Å². The van der Waals surface area contributed by atoms with E-state index in [0.717, 1.165) is 27.1 Å². The zero-order chi connectivity index (χ0) is 22.3. The van der Waals surface area contributed by atoms with Crippen LogP contribution in [0.4, 0.5) is 0 Å². The van der Waals surface area contributed by atoms with Crippen molar-refractivity contribution in [3.8, 4) is 11.1 Å². The quantitative estimate of drug-likeness (QED) is 0.541. The summed E-state index contributed by atoms with van der Waals surface area (Å²) < 4.78 is 0. The van der Waals surface area contributed by atoms with Gasteiger partial charge in [0.05, 0.1) is 5.92 Å². The van der Waals surface area contributed by atoms with Crippen molar-refractivity contribution in [2.24, 2.45) is 0 Å². The highest BCUT2D eigenvalue weighted by Gasteiger charge is 2.49. The minimum absolute atomic E-state index is 0.0109. The fraction of sp³-hybridized carbons (Fsp3) is 0.346. The van der Waals surface area contributed by atoms with Crippen molar-refractivity contribution in [3.63, 3.8) is 0 Å². The lowest BCUT2D eigenvalue weighted by Crippen LogP contribution is -2.51. The van der Waals surface area contributed by atoms with Gasteiger partial charge in [0, 0.05) is 41.7 Å². The molecule has 1 aromatic carbocycles. The fourth-order valence-corrected chi connectivity index (χ4v) is 5.59. The first kappa shape index (κ1) is 21.4. The molecule has 3 heterocycles. The van der Waals surface area contributed by atoms with Gasteiger partial charge in [-0.1, -0.05) is 45.0 Å². The number of piperidine rings is 1. The number of nitrogens with zero attached hydrogens (tertiary/aromatic N) is 2. The lowest BCUT2D eigenvalue weighted by atomic mass is 9.67. The van der Waals surface area contributed by atoms with Crippen molar-refractivity contribution < 1.29 is 4.79 Å². The van der Waals surface area contributed by atoms with Crippen LogP contribution in [0.1, 0.15) is 60.6 Å². The molecule has 31 heavy (non-hydrogen) atoms. The van der Waals surface area contributed by atoms with E-state index >= 15 is 0 Å². The molecule has 0 aliphatic carbocycles. The number of carbonyl (C=O) groups is 1. The van der Waals surface area contributed by atoms with E-state index in [0.29, 0.717) is 18.2 Å². The normalized spacial score (nSPS) is 21.7. The topological polar surface area (TPSA) is 57.1 Å². The van der Waals surface area contributed by atoms with Crippen LogP contribution in [0.2, 0.25) is 0 Å². The molecule has 1 saturated heterocycles. The zero-order valence-electron chi connectivity index (χ0n) is 18.8. The molecule has 0 saturated carbocycles. The first-order valence-corrected chi connectivity index (χ1v) is 11.5. The second-order valence-electron chi connectivity index (χ2n) is 9.14. The van der Waals surface area contributed by atoms with Gasteiger partial charge < -0.3 is 4.90 Å². The molecule has 1 aliphatic rings. The van der Waals surface area contributed by atoms with Crippen LogP contribution in [0.25, 0.3) is 11.1 Å². The van der Waals surface area contributed by atoms with Gasteiger partial charge in [-0.3, -0.25) is 15.2 Å². The van der Waals surface area contributed by atoms with E-state index in [9.17, 15) is 4.79 Å². The number of aryl methyl sites for hydroxylation is 1. The smallest absolute Gasteiger partial charge is 0.236 e. The first-order chi connectivity index (χ1) is 14.7. The van der Waals surface area contributed by atoms with Crippen molar-refractivity contribution in [1.82, 2.24) is 9.88 Å². The Labute approximate surface area is 188 Å². The molecule has 0 radical (unpaired) electrons. The Balaban J connectivity index is 1.79. The van der Waals surface area contributed by atoms with Gasteiger partial charge in [0.1, 0.15) is 5.84 Å². The third-order valence-corrected chi connectivity index (χ3v) is 7.67. The molecule has 1 N–H and O–H groups in total. The number of nitrogens with one attached hydrogen (secondary N) is 1. The number of benzene rings is 1. The number of rotatable bonds is 4. The average molecular weight is 432 g/mol. The van der Waals surface area contributed by atoms with Crippen LogP contribution in [0.3, 0.4) is 0 Å². The predicted octanol–water partition coefficient (Wildman–Crippen LogP) is 6.12. The van der Waals surface area contributed by atoms with E-state index in [2.05, 4.69) is 67.5 Å². The standard InChI is InChI=1S/C26H29N3OS/c1-16(2)18-6-8-19(9-7-18)24-25(30)29(5)23(27)12-26(24,4)22-11-21(15-31-22)20-10-17(3)13-28-14-20/h6-11,13-16,24,27H,12H2,1-5H3/t24-,26+/m0/s1. The SMILES string of the molecule is Cc1cncc(-c2csc([C@@]3(C)CC(=N)N(C)C(=O)[C@@H]3c3ccc(C(C)C)cc3)c2)c1. The molecule has 4 rings (SSSR count). The van der Waals surface area contributed by atoms with Crippen molar-refractivity contribution in [1.29, 1.82) is 5.41 Å². The summed E-state index contributed by atoms with van der Waals surface area (Å²) in [5.41, 5.74) is 5.13. The minimum atomic E-state index is -0.472. The second-order valence-corrected chi connectivity index (χ2v) is 10.1. The summed E-state index contributed by atoms with van der Waals surface area (Å²) in [6.45, 7) is 8.52. The summed E-state index contributed by atoms with van der Waals surface area (Å²) in [5, 5.41) is 10.6. The van der Waals surface area contributed by atoms with Gasteiger partial charge >= 0.3 is 0 Å². The number of thiophene rings is 1. The Kier molecular flexibility index (Phi) is 5.56. The van der Waals surface area contributed by atoms with E-state index in [4.69, 9.17) is 5.41 Å². The van der Waals surface area contributed by atoms with Crippen LogP contribution in [-0.4, -0.2) is 28.7 Å². The molecule has 3 aromatic rings. The van der Waals surface area contributed by atoms with Crippen LogP contribution < -0.4 is 0 Å². The number of hydrogen-bond acceptors (Lipinski definition) is 4. The maximum Gasteiger partial charge on any atom is 0.236 e. The third kappa shape index (κ3) is 3.83. The van der Waals surface area contributed by atoms with Gasteiger partial charge in [-0.25, -0.2) is 0 Å². The minimum Gasteiger partial charge on any atom is -0.303 e. The highest BCUT2D eigenvalue weighted by atomic mass is 32.1. The van der Waals surface area contributed by atoms with Gasteiger partial charge in [0.2, 0.25) is 5.91 Å². The summed E-state index contributed by atoms with van der Waals surface area (Å²) in [6, 6.07) is 12.8. The Bertz CT molecular complexity index is 1130. The lowest BCUT2D eigenvalue weighted by Gasteiger charge is -2.44. The van der Waals surface area contributed by atoms with Gasteiger partial charge in [-0.15, -0.1) is 11.3 Å². The number of amides is 1. The second kappa shape index (κ2) is 8.04. The number of likely N-dealkylation sites (N-methyl/N-ethyl adjacent to an activating group) is 1. The van der Waals surface area contributed by atoms with Crippen molar-refractivity contribution in [2.45, 2.75) is 51.4 Å². The number of hydrogen-bond donors (Lipinski definition) is 1. The third-order valence-electron chi connectivity index (χ3n) is 6.46. The molecule has 0 unspecified atom stereocenters. The van der Waals surface area contributed by atoms with Crippen LogP contribution in [-0.2, 0) is 10.2 Å². The maximum atomic E-state index is 13.4. The lowest BCUT2D eigenvalue weighted by molar-refractivity contribution is -0.131. The largest absolute Gasteiger partial charge is 0.303 e. The highest BCUT2D eigenvalue weighted by Crippen LogP contribution is 2.49. The van der Waals surface area contributed by atoms with Gasteiger partial charge in [-0.05, 0) is 52.6 Å². The summed E-state index contributed by atoms with van der Waals surface area (Å²) in [5.74, 6) is 0.481. The van der Waals surface area contributed by atoms with Gasteiger partial charge in [0.25, 0.3) is 0 Å². The molecule has 1 fully saturated rings. The highest BCUT2D eigenvalue weighted by molar-refractivity contribution is 7.10. The van der Waals surface area contributed by atoms with E-state index in [-0.39, 0.29) is 11.8 Å². The van der Waals surface area contributed by atoms with Crippen molar-refractivity contribution in [3.05, 3.63) is 75.7 Å².